The highest BCUT2D eigenvalue weighted by atomic mass is 127. The zero-order valence-corrected chi connectivity index (χ0v) is 20.2. The van der Waals surface area contributed by atoms with Crippen LogP contribution in [0.1, 0.15) is 41.7 Å². The first-order chi connectivity index (χ1) is 13.6. The van der Waals surface area contributed by atoms with Gasteiger partial charge in [-0.1, -0.05) is 23.8 Å². The van der Waals surface area contributed by atoms with Crippen LogP contribution in [0.4, 0.5) is 0 Å². The van der Waals surface area contributed by atoms with Crippen LogP contribution in [-0.2, 0) is 30.7 Å². The van der Waals surface area contributed by atoms with Crippen LogP contribution < -0.4 is 10.6 Å². The van der Waals surface area contributed by atoms with Gasteiger partial charge in [-0.3, -0.25) is 4.99 Å². The Morgan fingerprint density at radius 1 is 1.34 bits per heavy atom. The molecule has 0 amide bonds. The van der Waals surface area contributed by atoms with Crippen LogP contribution in [0.5, 0.6) is 0 Å². The molecule has 0 spiro atoms. The second-order valence-electron chi connectivity index (χ2n) is 7.38. The monoisotopic (exact) mass is 512 g/mol. The Bertz CT molecular complexity index is 819. The SMILES string of the molecule is CCNC(=NCCc1ccc(C)cc1C)NC1CCc2nc(COC)nn2C1.I. The number of guanidine groups is 1. The molecule has 29 heavy (non-hydrogen) atoms. The number of aryl methyl sites for hydroxylation is 3. The van der Waals surface area contributed by atoms with Gasteiger partial charge < -0.3 is 15.4 Å². The molecular formula is C21H33IN6O. The number of nitrogens with one attached hydrogen (secondary N) is 2. The normalized spacial score (nSPS) is 16.1. The number of benzene rings is 1. The lowest BCUT2D eigenvalue weighted by Crippen LogP contribution is -2.47. The fourth-order valence-electron chi connectivity index (χ4n) is 3.60. The Morgan fingerprint density at radius 3 is 2.90 bits per heavy atom. The quantitative estimate of drug-likeness (QED) is 0.339. The molecule has 2 N–H and O–H groups in total. The number of aliphatic imine (C=N–C) groups is 1. The van der Waals surface area contributed by atoms with E-state index in [1.165, 1.54) is 16.7 Å². The number of fused-ring (bicyclic) bond motifs is 1. The number of aromatic nitrogens is 3. The Balaban J connectivity index is 0.00000300. The van der Waals surface area contributed by atoms with Gasteiger partial charge in [0.2, 0.25) is 0 Å². The molecule has 1 aliphatic heterocycles. The minimum absolute atomic E-state index is 0. The second-order valence-corrected chi connectivity index (χ2v) is 7.38. The van der Waals surface area contributed by atoms with Crippen molar-refractivity contribution >= 4 is 29.9 Å². The molecule has 3 rings (SSSR count). The summed E-state index contributed by atoms with van der Waals surface area (Å²) in [4.78, 5) is 9.33. The van der Waals surface area contributed by atoms with E-state index in [0.29, 0.717) is 12.6 Å². The summed E-state index contributed by atoms with van der Waals surface area (Å²) in [5.74, 6) is 2.67. The van der Waals surface area contributed by atoms with E-state index in [-0.39, 0.29) is 24.0 Å². The predicted octanol–water partition coefficient (Wildman–Crippen LogP) is 2.77. The maximum atomic E-state index is 5.14. The molecule has 0 fully saturated rings. The average molecular weight is 512 g/mol. The van der Waals surface area contributed by atoms with Crippen LogP contribution in [0.25, 0.3) is 0 Å². The summed E-state index contributed by atoms with van der Waals surface area (Å²) in [6.07, 6.45) is 2.88. The molecular weight excluding hydrogens is 479 g/mol. The summed E-state index contributed by atoms with van der Waals surface area (Å²) in [6.45, 7) is 9.26. The van der Waals surface area contributed by atoms with Gasteiger partial charge in [0.15, 0.2) is 11.8 Å². The summed E-state index contributed by atoms with van der Waals surface area (Å²) in [6, 6.07) is 6.91. The molecule has 0 aliphatic carbocycles. The average Bonchev–Trinajstić information content (AvgIpc) is 3.05. The fraction of sp³-hybridized carbons (Fsp3) is 0.571. The van der Waals surface area contributed by atoms with Crippen molar-refractivity contribution < 1.29 is 4.74 Å². The molecule has 2 aromatic rings. The Morgan fingerprint density at radius 2 is 2.17 bits per heavy atom. The van der Waals surface area contributed by atoms with E-state index in [4.69, 9.17) is 9.73 Å². The van der Waals surface area contributed by atoms with Crippen molar-refractivity contribution in [1.82, 2.24) is 25.4 Å². The molecule has 7 nitrogen and oxygen atoms in total. The van der Waals surface area contributed by atoms with Gasteiger partial charge in [-0.05, 0) is 44.7 Å². The number of methoxy groups -OCH3 is 1. The first-order valence-electron chi connectivity index (χ1n) is 10.1. The number of rotatable bonds is 7. The highest BCUT2D eigenvalue weighted by Gasteiger charge is 2.22. The van der Waals surface area contributed by atoms with Crippen molar-refractivity contribution in [3.63, 3.8) is 0 Å². The first kappa shape index (κ1) is 23.6. The van der Waals surface area contributed by atoms with Crippen LogP contribution in [0.3, 0.4) is 0 Å². The van der Waals surface area contributed by atoms with E-state index in [9.17, 15) is 0 Å². The number of ether oxygens (including phenoxy) is 1. The highest BCUT2D eigenvalue weighted by Crippen LogP contribution is 2.14. The maximum Gasteiger partial charge on any atom is 0.191 e. The fourth-order valence-corrected chi connectivity index (χ4v) is 3.60. The molecule has 1 atom stereocenters. The number of hydrogen-bond acceptors (Lipinski definition) is 4. The molecule has 0 saturated heterocycles. The summed E-state index contributed by atoms with van der Waals surface area (Å²) >= 11 is 0. The minimum Gasteiger partial charge on any atom is -0.377 e. The molecule has 2 heterocycles. The molecule has 0 radical (unpaired) electrons. The summed E-state index contributed by atoms with van der Waals surface area (Å²) in [5.41, 5.74) is 4.00. The van der Waals surface area contributed by atoms with Crippen molar-refractivity contribution in [3.05, 3.63) is 46.5 Å². The van der Waals surface area contributed by atoms with Crippen LogP contribution >= 0.6 is 24.0 Å². The van der Waals surface area contributed by atoms with Crippen LogP contribution in [0, 0.1) is 13.8 Å². The van der Waals surface area contributed by atoms with Crippen LogP contribution in [0.2, 0.25) is 0 Å². The van der Waals surface area contributed by atoms with Gasteiger partial charge >= 0.3 is 0 Å². The number of hydrogen-bond donors (Lipinski definition) is 2. The summed E-state index contributed by atoms with van der Waals surface area (Å²) in [7, 11) is 1.67. The Labute approximate surface area is 190 Å². The maximum absolute atomic E-state index is 5.14. The summed E-state index contributed by atoms with van der Waals surface area (Å²) < 4.78 is 7.14. The van der Waals surface area contributed by atoms with Crippen LogP contribution in [-0.4, -0.2) is 47.0 Å². The molecule has 0 bridgehead atoms. The zero-order chi connectivity index (χ0) is 19.9. The van der Waals surface area contributed by atoms with Gasteiger partial charge in [-0.2, -0.15) is 5.10 Å². The van der Waals surface area contributed by atoms with E-state index in [1.54, 1.807) is 7.11 Å². The smallest absolute Gasteiger partial charge is 0.191 e. The number of nitrogens with zero attached hydrogens (tertiary/aromatic N) is 4. The van der Waals surface area contributed by atoms with Crippen molar-refractivity contribution in [2.45, 2.75) is 59.2 Å². The molecule has 1 aliphatic rings. The largest absolute Gasteiger partial charge is 0.377 e. The highest BCUT2D eigenvalue weighted by molar-refractivity contribution is 14.0. The molecule has 8 heteroatoms. The summed E-state index contributed by atoms with van der Waals surface area (Å²) in [5, 5.41) is 11.5. The Kier molecular flexibility index (Phi) is 9.35. The van der Waals surface area contributed by atoms with E-state index in [2.05, 4.69) is 59.7 Å². The van der Waals surface area contributed by atoms with Gasteiger partial charge in [0.05, 0.1) is 6.54 Å². The zero-order valence-electron chi connectivity index (χ0n) is 17.9. The van der Waals surface area contributed by atoms with Gasteiger partial charge in [-0.25, -0.2) is 9.67 Å². The van der Waals surface area contributed by atoms with Crippen LogP contribution in [0.15, 0.2) is 23.2 Å². The van der Waals surface area contributed by atoms with Crippen molar-refractivity contribution in [2.75, 3.05) is 20.2 Å². The predicted molar refractivity (Wildman–Crippen MR) is 127 cm³/mol. The first-order valence-corrected chi connectivity index (χ1v) is 10.1. The van der Waals surface area contributed by atoms with E-state index < -0.39 is 0 Å². The number of halogens is 1. The lowest BCUT2D eigenvalue weighted by molar-refractivity contribution is 0.177. The lowest BCUT2D eigenvalue weighted by Gasteiger charge is -2.25. The van der Waals surface area contributed by atoms with E-state index >= 15 is 0 Å². The lowest BCUT2D eigenvalue weighted by atomic mass is 10.0. The van der Waals surface area contributed by atoms with Gasteiger partial charge in [0, 0.05) is 32.7 Å². The standard InChI is InChI=1S/C21H32N6O.HI/c1-5-22-21(23-11-10-17-7-6-15(2)12-16(17)3)24-18-8-9-20-25-19(14-28-4)26-27(20)13-18;/h6-7,12,18H,5,8-11,13-14H2,1-4H3,(H2,22,23,24);1H. The molecule has 1 unspecified atom stereocenters. The molecule has 0 saturated carbocycles. The second kappa shape index (κ2) is 11.5. The van der Waals surface area contributed by atoms with Gasteiger partial charge in [0.25, 0.3) is 0 Å². The van der Waals surface area contributed by atoms with E-state index in [1.807, 2.05) is 4.68 Å². The van der Waals surface area contributed by atoms with Crippen molar-refractivity contribution in [3.8, 4) is 0 Å². The Hall–Kier alpha value is -1.68. The molecule has 1 aromatic heterocycles. The molecule has 1 aromatic carbocycles. The third kappa shape index (κ3) is 6.67. The van der Waals surface area contributed by atoms with Gasteiger partial charge in [0.1, 0.15) is 12.4 Å². The van der Waals surface area contributed by atoms with Crippen molar-refractivity contribution in [1.29, 1.82) is 0 Å². The third-order valence-electron chi connectivity index (χ3n) is 5.01. The minimum atomic E-state index is 0. The van der Waals surface area contributed by atoms with E-state index in [0.717, 1.165) is 56.5 Å². The van der Waals surface area contributed by atoms with Crippen molar-refractivity contribution in [2.24, 2.45) is 4.99 Å². The topological polar surface area (TPSA) is 76.4 Å². The van der Waals surface area contributed by atoms with Gasteiger partial charge in [-0.15, -0.1) is 24.0 Å². The molecule has 160 valence electrons. The third-order valence-corrected chi connectivity index (χ3v) is 5.01.